The maximum absolute atomic E-state index is 13.3. The van der Waals surface area contributed by atoms with E-state index in [4.69, 9.17) is 11.6 Å². The van der Waals surface area contributed by atoms with Gasteiger partial charge in [-0.15, -0.1) is 0 Å². The second-order valence-electron chi connectivity index (χ2n) is 5.73. The highest BCUT2D eigenvalue weighted by Gasteiger charge is 2.20. The Labute approximate surface area is 164 Å². The normalized spacial score (nSPS) is 12.8. The third kappa shape index (κ3) is 3.40. The van der Waals surface area contributed by atoms with E-state index in [9.17, 15) is 13.0 Å². The molecular weight excluding hydrogens is 412 g/mol. The first-order valence-electron chi connectivity index (χ1n) is 7.81. The fourth-order valence-electron chi connectivity index (χ4n) is 2.67. The van der Waals surface area contributed by atoms with Crippen molar-refractivity contribution in [2.24, 2.45) is 0 Å². The van der Waals surface area contributed by atoms with Crippen LogP contribution in [0.4, 0.5) is 8.78 Å². The number of nitrogens with zero attached hydrogens (tertiary/aromatic N) is 3. The zero-order valence-electron chi connectivity index (χ0n) is 13.9. The van der Waals surface area contributed by atoms with E-state index in [2.05, 4.69) is 10.1 Å². The molecule has 1 unspecified atom stereocenters. The molecule has 138 valence electrons. The predicted molar refractivity (Wildman–Crippen MR) is 104 cm³/mol. The van der Waals surface area contributed by atoms with E-state index in [0.29, 0.717) is 31.8 Å². The average molecular weight is 424 g/mol. The maximum atomic E-state index is 13.3. The van der Waals surface area contributed by atoms with E-state index >= 15 is 0 Å². The SMILES string of the molecule is CS(=O)c1ccc(-c2cc(C(F)F)nn2-c2nc3c(Cl)cccc3s2)cc1. The molecule has 0 fully saturated rings. The van der Waals surface area contributed by atoms with Gasteiger partial charge < -0.3 is 0 Å². The molecule has 0 saturated heterocycles. The number of alkyl halides is 2. The molecule has 2 aromatic carbocycles. The summed E-state index contributed by atoms with van der Waals surface area (Å²) in [5.41, 5.74) is 1.43. The first-order chi connectivity index (χ1) is 12.9. The van der Waals surface area contributed by atoms with Gasteiger partial charge in [-0.2, -0.15) is 5.10 Å². The van der Waals surface area contributed by atoms with Gasteiger partial charge in [0.1, 0.15) is 11.2 Å². The lowest BCUT2D eigenvalue weighted by molar-refractivity contribution is 0.145. The molecular formula is C18H12ClF2N3OS2. The zero-order valence-corrected chi connectivity index (χ0v) is 16.3. The van der Waals surface area contributed by atoms with Gasteiger partial charge in [0.2, 0.25) is 5.13 Å². The van der Waals surface area contributed by atoms with Crippen molar-refractivity contribution in [1.29, 1.82) is 0 Å². The Balaban J connectivity index is 1.88. The van der Waals surface area contributed by atoms with E-state index in [-0.39, 0.29) is 5.69 Å². The van der Waals surface area contributed by atoms with Crippen LogP contribution in [-0.2, 0) is 10.8 Å². The first-order valence-corrected chi connectivity index (χ1v) is 10.6. The van der Waals surface area contributed by atoms with Gasteiger partial charge in [0.05, 0.1) is 15.4 Å². The zero-order chi connectivity index (χ0) is 19.1. The average Bonchev–Trinajstić information content (AvgIpc) is 3.27. The summed E-state index contributed by atoms with van der Waals surface area (Å²) in [6.07, 6.45) is -1.12. The van der Waals surface area contributed by atoms with Crippen molar-refractivity contribution in [3.05, 3.63) is 59.2 Å². The van der Waals surface area contributed by atoms with Gasteiger partial charge in [0.25, 0.3) is 6.43 Å². The van der Waals surface area contributed by atoms with Crippen LogP contribution in [-0.4, -0.2) is 25.2 Å². The monoisotopic (exact) mass is 423 g/mol. The number of para-hydroxylation sites is 1. The van der Waals surface area contributed by atoms with Crippen LogP contribution >= 0.6 is 22.9 Å². The number of halogens is 3. The first kappa shape index (κ1) is 18.2. The van der Waals surface area contributed by atoms with E-state index in [1.807, 2.05) is 12.1 Å². The van der Waals surface area contributed by atoms with Gasteiger partial charge in [0, 0.05) is 27.5 Å². The second-order valence-corrected chi connectivity index (χ2v) is 8.52. The molecule has 2 heterocycles. The van der Waals surface area contributed by atoms with Crippen molar-refractivity contribution < 1.29 is 13.0 Å². The number of rotatable bonds is 4. The molecule has 4 aromatic rings. The highest BCUT2D eigenvalue weighted by atomic mass is 35.5. The molecule has 1 atom stereocenters. The topological polar surface area (TPSA) is 47.8 Å². The molecule has 0 aliphatic rings. The highest BCUT2D eigenvalue weighted by Crippen LogP contribution is 2.34. The van der Waals surface area contributed by atoms with Crippen molar-refractivity contribution in [1.82, 2.24) is 14.8 Å². The standard InChI is InChI=1S/C18H12ClF2N3OS2/c1-27(25)11-7-5-10(6-8-11)14-9-13(17(20)21)23-24(14)18-22-16-12(19)3-2-4-15(16)26-18/h2-9,17H,1H3. The minimum absolute atomic E-state index is 0.335. The van der Waals surface area contributed by atoms with Crippen LogP contribution in [0, 0.1) is 0 Å². The Morgan fingerprint density at radius 2 is 1.93 bits per heavy atom. The van der Waals surface area contributed by atoms with Crippen molar-refractivity contribution in [3.8, 4) is 16.4 Å². The predicted octanol–water partition coefficient (Wildman–Crippen LogP) is 5.48. The fraction of sp³-hybridized carbons (Fsp3) is 0.111. The van der Waals surface area contributed by atoms with Gasteiger partial charge in [-0.25, -0.2) is 18.4 Å². The van der Waals surface area contributed by atoms with Gasteiger partial charge in [-0.05, 0) is 30.3 Å². The smallest absolute Gasteiger partial charge is 0.255 e. The number of thiazole rings is 1. The van der Waals surface area contributed by atoms with Gasteiger partial charge in [-0.1, -0.05) is 41.1 Å². The number of benzene rings is 2. The molecule has 0 amide bonds. The summed E-state index contributed by atoms with van der Waals surface area (Å²) >= 11 is 7.50. The summed E-state index contributed by atoms with van der Waals surface area (Å²) in [7, 11) is -1.12. The van der Waals surface area contributed by atoms with Gasteiger partial charge in [-0.3, -0.25) is 4.21 Å². The maximum Gasteiger partial charge on any atom is 0.282 e. The molecule has 2 aromatic heterocycles. The molecule has 0 aliphatic carbocycles. The van der Waals surface area contributed by atoms with Crippen molar-refractivity contribution >= 4 is 44.0 Å². The lowest BCUT2D eigenvalue weighted by Crippen LogP contribution is -1.99. The van der Waals surface area contributed by atoms with E-state index in [0.717, 1.165) is 4.70 Å². The van der Waals surface area contributed by atoms with Crippen LogP contribution in [0.3, 0.4) is 0 Å². The summed E-state index contributed by atoms with van der Waals surface area (Å²) in [6, 6.07) is 13.6. The number of fused-ring (bicyclic) bond motifs is 1. The van der Waals surface area contributed by atoms with Crippen LogP contribution in [0.25, 0.3) is 26.6 Å². The van der Waals surface area contributed by atoms with Crippen molar-refractivity contribution in [2.75, 3.05) is 6.26 Å². The lowest BCUT2D eigenvalue weighted by atomic mass is 10.1. The summed E-state index contributed by atoms with van der Waals surface area (Å²) in [4.78, 5) is 5.14. The lowest BCUT2D eigenvalue weighted by Gasteiger charge is -2.05. The highest BCUT2D eigenvalue weighted by molar-refractivity contribution is 7.84. The third-order valence-corrected chi connectivity index (χ3v) is 6.21. The number of hydrogen-bond donors (Lipinski definition) is 0. The van der Waals surface area contributed by atoms with Gasteiger partial charge >= 0.3 is 0 Å². The quantitative estimate of drug-likeness (QED) is 0.437. The number of aromatic nitrogens is 3. The molecule has 9 heteroatoms. The molecule has 27 heavy (non-hydrogen) atoms. The Morgan fingerprint density at radius 3 is 2.56 bits per heavy atom. The molecule has 0 aliphatic heterocycles. The van der Waals surface area contributed by atoms with Crippen LogP contribution in [0.2, 0.25) is 5.02 Å². The van der Waals surface area contributed by atoms with Crippen LogP contribution < -0.4 is 0 Å². The number of hydrogen-bond acceptors (Lipinski definition) is 4. The summed E-state index contributed by atoms with van der Waals surface area (Å²) in [5, 5.41) is 4.99. The van der Waals surface area contributed by atoms with Crippen LogP contribution in [0.1, 0.15) is 12.1 Å². The van der Waals surface area contributed by atoms with E-state index in [1.165, 1.54) is 22.1 Å². The Morgan fingerprint density at radius 1 is 1.19 bits per heavy atom. The summed E-state index contributed by atoms with van der Waals surface area (Å²) < 4.78 is 40.4. The summed E-state index contributed by atoms with van der Waals surface area (Å²) in [5.74, 6) is 0. The minimum Gasteiger partial charge on any atom is -0.255 e. The van der Waals surface area contributed by atoms with Crippen molar-refractivity contribution in [3.63, 3.8) is 0 Å². The van der Waals surface area contributed by atoms with Crippen molar-refractivity contribution in [2.45, 2.75) is 11.3 Å². The van der Waals surface area contributed by atoms with E-state index in [1.54, 1.807) is 36.6 Å². The second kappa shape index (κ2) is 7.10. The van der Waals surface area contributed by atoms with Crippen LogP contribution in [0.15, 0.2) is 53.4 Å². The molecule has 0 spiro atoms. The largest absolute Gasteiger partial charge is 0.282 e. The minimum atomic E-state index is -2.70. The third-order valence-electron chi connectivity index (χ3n) is 3.97. The Kier molecular flexibility index (Phi) is 4.79. The summed E-state index contributed by atoms with van der Waals surface area (Å²) in [6.45, 7) is 0. The fourth-order valence-corrected chi connectivity index (χ4v) is 4.42. The van der Waals surface area contributed by atoms with Gasteiger partial charge in [0.15, 0.2) is 0 Å². The Bertz CT molecular complexity index is 1160. The molecule has 0 bridgehead atoms. The molecule has 4 nitrogen and oxygen atoms in total. The Hall–Kier alpha value is -2.16. The molecule has 0 N–H and O–H groups in total. The van der Waals surface area contributed by atoms with Crippen LogP contribution in [0.5, 0.6) is 0 Å². The molecule has 0 saturated carbocycles. The molecule has 4 rings (SSSR count). The van der Waals surface area contributed by atoms with E-state index < -0.39 is 17.2 Å². The molecule has 0 radical (unpaired) electrons.